The Labute approximate surface area is 104 Å². The second kappa shape index (κ2) is 4.45. The van der Waals surface area contributed by atoms with Crippen LogP contribution in [0.2, 0.25) is 0 Å². The van der Waals surface area contributed by atoms with Crippen molar-refractivity contribution in [2.24, 2.45) is 0 Å². The normalized spacial score (nSPS) is 18.8. The number of hydrogen-bond donors (Lipinski definition) is 0. The maximum Gasteiger partial charge on any atom is 0.169 e. The van der Waals surface area contributed by atoms with Gasteiger partial charge < -0.3 is 4.90 Å². The van der Waals surface area contributed by atoms with E-state index in [9.17, 15) is 0 Å². The van der Waals surface area contributed by atoms with Crippen LogP contribution in [0.5, 0.6) is 0 Å². The van der Waals surface area contributed by atoms with Crippen LogP contribution in [-0.4, -0.2) is 33.1 Å². The van der Waals surface area contributed by atoms with Crippen LogP contribution in [0.25, 0.3) is 0 Å². The Hall–Kier alpha value is -2.42. The highest BCUT2D eigenvalue weighted by molar-refractivity contribution is 5.53. The van der Waals surface area contributed by atoms with Crippen molar-refractivity contribution < 1.29 is 0 Å². The van der Waals surface area contributed by atoms with Crippen molar-refractivity contribution in [2.75, 3.05) is 18.0 Å². The second-order valence-electron chi connectivity index (χ2n) is 4.25. The molecular weight excluding hydrogens is 228 g/mol. The lowest BCUT2D eigenvalue weighted by Crippen LogP contribution is -2.23. The summed E-state index contributed by atoms with van der Waals surface area (Å²) >= 11 is 0. The molecule has 1 aliphatic rings. The van der Waals surface area contributed by atoms with Gasteiger partial charge in [-0.15, -0.1) is 5.10 Å². The summed E-state index contributed by atoms with van der Waals surface area (Å²) in [4.78, 5) is 2.10. The molecule has 1 unspecified atom stereocenters. The van der Waals surface area contributed by atoms with E-state index in [1.165, 1.54) is 0 Å². The van der Waals surface area contributed by atoms with Gasteiger partial charge in [-0.2, -0.15) is 15.5 Å². The molecule has 2 aromatic rings. The zero-order valence-corrected chi connectivity index (χ0v) is 9.77. The van der Waals surface area contributed by atoms with Gasteiger partial charge in [0.2, 0.25) is 0 Å². The van der Waals surface area contributed by atoms with Crippen molar-refractivity contribution in [1.29, 1.82) is 5.26 Å². The highest BCUT2D eigenvalue weighted by Crippen LogP contribution is 2.26. The van der Waals surface area contributed by atoms with E-state index >= 15 is 0 Å². The molecule has 90 valence electrons. The Morgan fingerprint density at radius 2 is 2.33 bits per heavy atom. The van der Waals surface area contributed by atoms with Gasteiger partial charge in [0.05, 0.1) is 17.8 Å². The van der Waals surface area contributed by atoms with Crippen molar-refractivity contribution in [3.63, 3.8) is 0 Å². The first-order valence-corrected chi connectivity index (χ1v) is 5.84. The van der Waals surface area contributed by atoms with Crippen LogP contribution in [0.1, 0.15) is 18.0 Å². The molecule has 1 atom stereocenters. The fraction of sp³-hybridized carbons (Fsp3) is 0.333. The largest absolute Gasteiger partial charge is 0.352 e. The van der Waals surface area contributed by atoms with E-state index in [1.54, 1.807) is 18.5 Å². The van der Waals surface area contributed by atoms with Crippen LogP contribution in [0.3, 0.4) is 0 Å². The number of nitriles is 1. The zero-order chi connectivity index (χ0) is 12.4. The molecule has 0 aliphatic carbocycles. The molecule has 1 aliphatic heterocycles. The first-order valence-electron chi connectivity index (χ1n) is 5.84. The van der Waals surface area contributed by atoms with Gasteiger partial charge in [0.25, 0.3) is 0 Å². The van der Waals surface area contributed by atoms with Gasteiger partial charge in [0.1, 0.15) is 6.07 Å². The van der Waals surface area contributed by atoms with Crippen LogP contribution in [-0.2, 0) is 0 Å². The number of rotatable bonds is 2. The summed E-state index contributed by atoms with van der Waals surface area (Å²) in [6, 6.07) is 6.12. The lowest BCUT2D eigenvalue weighted by atomic mass is 10.3. The van der Waals surface area contributed by atoms with Gasteiger partial charge in [-0.25, -0.2) is 0 Å². The molecule has 3 heterocycles. The molecule has 6 heteroatoms. The van der Waals surface area contributed by atoms with E-state index in [4.69, 9.17) is 5.26 Å². The topological polar surface area (TPSA) is 70.6 Å². The summed E-state index contributed by atoms with van der Waals surface area (Å²) < 4.78 is 1.96. The molecule has 0 radical (unpaired) electrons. The molecule has 1 fully saturated rings. The van der Waals surface area contributed by atoms with Crippen LogP contribution < -0.4 is 4.90 Å². The summed E-state index contributed by atoms with van der Waals surface area (Å²) in [5.41, 5.74) is 0.575. The van der Waals surface area contributed by atoms with Crippen molar-refractivity contribution in [3.05, 3.63) is 36.3 Å². The Kier molecular flexibility index (Phi) is 2.65. The number of hydrogen-bond acceptors (Lipinski definition) is 5. The summed E-state index contributed by atoms with van der Waals surface area (Å²) in [5, 5.41) is 21.3. The highest BCUT2D eigenvalue weighted by Gasteiger charge is 2.26. The molecule has 0 bridgehead atoms. The first-order chi connectivity index (χ1) is 8.88. The predicted octanol–water partition coefficient (Wildman–Crippen LogP) is 0.996. The lowest BCUT2D eigenvalue weighted by molar-refractivity contribution is 0.494. The van der Waals surface area contributed by atoms with Crippen LogP contribution >= 0.6 is 0 Å². The second-order valence-corrected chi connectivity index (χ2v) is 4.25. The summed E-state index contributed by atoms with van der Waals surface area (Å²) in [7, 11) is 0. The minimum absolute atomic E-state index is 0.341. The van der Waals surface area contributed by atoms with E-state index < -0.39 is 0 Å². The molecule has 18 heavy (non-hydrogen) atoms. The molecule has 6 nitrogen and oxygen atoms in total. The van der Waals surface area contributed by atoms with E-state index in [2.05, 4.69) is 26.3 Å². The highest BCUT2D eigenvalue weighted by atomic mass is 15.3. The van der Waals surface area contributed by atoms with E-state index in [1.807, 2.05) is 16.9 Å². The van der Waals surface area contributed by atoms with Crippen LogP contribution in [0, 0.1) is 11.3 Å². The predicted molar refractivity (Wildman–Crippen MR) is 64.8 cm³/mol. The third kappa shape index (κ3) is 1.80. The number of nitrogens with zero attached hydrogens (tertiary/aromatic N) is 6. The molecule has 0 aromatic carbocycles. The van der Waals surface area contributed by atoms with Crippen molar-refractivity contribution in [2.45, 2.75) is 12.5 Å². The fourth-order valence-electron chi connectivity index (χ4n) is 2.29. The van der Waals surface area contributed by atoms with Crippen molar-refractivity contribution >= 4 is 5.82 Å². The van der Waals surface area contributed by atoms with Gasteiger partial charge in [0.15, 0.2) is 5.82 Å². The minimum atomic E-state index is 0.341. The molecule has 0 N–H and O–H groups in total. The SMILES string of the molecule is N#Cc1ccnnc1N1CCC(n2cccn2)C1. The minimum Gasteiger partial charge on any atom is -0.352 e. The molecular formula is C12H12N6. The number of anilines is 1. The Bertz CT molecular complexity index is 571. The summed E-state index contributed by atoms with van der Waals surface area (Å²) in [6.45, 7) is 1.69. The summed E-state index contributed by atoms with van der Waals surface area (Å²) in [6.07, 6.45) is 6.30. The molecule has 1 saturated heterocycles. The molecule has 3 rings (SSSR count). The monoisotopic (exact) mass is 240 g/mol. The Morgan fingerprint density at radius 1 is 1.39 bits per heavy atom. The molecule has 2 aromatic heterocycles. The van der Waals surface area contributed by atoms with Gasteiger partial charge in [-0.1, -0.05) is 0 Å². The van der Waals surface area contributed by atoms with Gasteiger partial charge in [-0.05, 0) is 18.6 Å². The maximum absolute atomic E-state index is 9.07. The third-order valence-electron chi connectivity index (χ3n) is 3.18. The lowest BCUT2D eigenvalue weighted by Gasteiger charge is -2.17. The van der Waals surface area contributed by atoms with Crippen LogP contribution in [0.4, 0.5) is 5.82 Å². The Morgan fingerprint density at radius 3 is 3.11 bits per heavy atom. The van der Waals surface area contributed by atoms with Gasteiger partial charge in [-0.3, -0.25) is 4.68 Å². The summed E-state index contributed by atoms with van der Waals surface area (Å²) in [5.74, 6) is 0.676. The van der Waals surface area contributed by atoms with Gasteiger partial charge in [0, 0.05) is 25.5 Å². The number of aromatic nitrogens is 4. The van der Waals surface area contributed by atoms with E-state index in [0.29, 0.717) is 17.4 Å². The van der Waals surface area contributed by atoms with E-state index in [0.717, 1.165) is 19.5 Å². The molecule has 0 spiro atoms. The fourth-order valence-corrected chi connectivity index (χ4v) is 2.29. The average Bonchev–Trinajstić information content (AvgIpc) is 3.09. The third-order valence-corrected chi connectivity index (χ3v) is 3.18. The quantitative estimate of drug-likeness (QED) is 0.783. The molecule has 0 amide bonds. The zero-order valence-electron chi connectivity index (χ0n) is 9.77. The van der Waals surface area contributed by atoms with Gasteiger partial charge >= 0.3 is 0 Å². The van der Waals surface area contributed by atoms with Crippen molar-refractivity contribution in [1.82, 2.24) is 20.0 Å². The molecule has 0 saturated carbocycles. The Balaban J connectivity index is 1.82. The van der Waals surface area contributed by atoms with E-state index in [-0.39, 0.29) is 0 Å². The van der Waals surface area contributed by atoms with Crippen molar-refractivity contribution in [3.8, 4) is 6.07 Å². The average molecular weight is 240 g/mol. The maximum atomic E-state index is 9.07. The van der Waals surface area contributed by atoms with Crippen LogP contribution in [0.15, 0.2) is 30.7 Å². The smallest absolute Gasteiger partial charge is 0.169 e. The standard InChI is InChI=1S/C12H12N6/c13-8-10-2-5-14-16-12(10)17-7-3-11(9-17)18-6-1-4-15-18/h1-2,4-6,11H,3,7,9H2. The first kappa shape index (κ1) is 10.7.